The number of piperidine rings is 1. The number of nitrogens with one attached hydrogen (secondary N) is 1. The Kier molecular flexibility index (Phi) is 4.37. The summed E-state index contributed by atoms with van der Waals surface area (Å²) in [6, 6.07) is 3.74. The Morgan fingerprint density at radius 1 is 1.36 bits per heavy atom. The van der Waals surface area contributed by atoms with Crippen molar-refractivity contribution in [1.82, 2.24) is 20.0 Å². The van der Waals surface area contributed by atoms with E-state index in [-0.39, 0.29) is 5.56 Å². The molecule has 3 rings (SSSR count). The number of aryl methyl sites for hydroxylation is 2. The average Bonchev–Trinajstić information content (AvgIpc) is 2.94. The van der Waals surface area contributed by atoms with Crippen molar-refractivity contribution < 1.29 is 0 Å². The molecule has 2 aromatic heterocycles. The Balaban J connectivity index is 1.72. The first-order valence-corrected chi connectivity index (χ1v) is 8.30. The zero-order chi connectivity index (χ0) is 15.5. The molecule has 0 radical (unpaired) electrons. The first-order valence-electron chi connectivity index (χ1n) is 7.48. The quantitative estimate of drug-likeness (QED) is 0.918. The van der Waals surface area contributed by atoms with E-state index < -0.39 is 0 Å². The lowest BCUT2D eigenvalue weighted by atomic mass is 10.0. The maximum absolute atomic E-state index is 11.5. The van der Waals surface area contributed by atoms with Gasteiger partial charge < -0.3 is 10.2 Å². The molecular formula is C14H20N6OS. The smallest absolute Gasteiger partial charge is 0.266 e. The van der Waals surface area contributed by atoms with Crippen LogP contribution in [0.5, 0.6) is 0 Å². The van der Waals surface area contributed by atoms with Crippen molar-refractivity contribution in [1.29, 1.82) is 0 Å². The lowest BCUT2D eigenvalue weighted by Crippen LogP contribution is -2.44. The van der Waals surface area contributed by atoms with Crippen LogP contribution in [-0.4, -0.2) is 39.1 Å². The van der Waals surface area contributed by atoms with Crippen molar-refractivity contribution in [3.63, 3.8) is 0 Å². The number of aromatic nitrogens is 4. The predicted molar refractivity (Wildman–Crippen MR) is 87.6 cm³/mol. The molecule has 118 valence electrons. The van der Waals surface area contributed by atoms with E-state index in [4.69, 9.17) is 0 Å². The van der Waals surface area contributed by atoms with Gasteiger partial charge in [0.2, 0.25) is 5.13 Å². The largest absolute Gasteiger partial charge is 0.358 e. The van der Waals surface area contributed by atoms with E-state index in [0.717, 1.165) is 41.9 Å². The first-order chi connectivity index (χ1) is 10.6. The lowest BCUT2D eigenvalue weighted by Gasteiger charge is -2.36. The minimum Gasteiger partial charge on any atom is -0.358 e. The minimum atomic E-state index is -0.0835. The van der Waals surface area contributed by atoms with Gasteiger partial charge in [-0.05, 0) is 32.3 Å². The summed E-state index contributed by atoms with van der Waals surface area (Å²) in [5.74, 6) is 0.863. The van der Waals surface area contributed by atoms with Gasteiger partial charge in [0.25, 0.3) is 5.56 Å². The highest BCUT2D eigenvalue weighted by molar-refractivity contribution is 7.15. The highest BCUT2D eigenvalue weighted by atomic mass is 32.1. The van der Waals surface area contributed by atoms with E-state index in [1.807, 2.05) is 13.0 Å². The highest BCUT2D eigenvalue weighted by Crippen LogP contribution is 2.23. The van der Waals surface area contributed by atoms with Crippen LogP contribution >= 0.6 is 11.3 Å². The normalized spacial score (nSPS) is 18.5. The first kappa shape index (κ1) is 15.0. The Morgan fingerprint density at radius 3 is 2.95 bits per heavy atom. The van der Waals surface area contributed by atoms with Crippen LogP contribution < -0.4 is 15.8 Å². The SMILES string of the molecule is Cc1nnc(NCC2CCCCN2c2ccc(=O)n(C)n2)s1. The Labute approximate surface area is 133 Å². The van der Waals surface area contributed by atoms with Gasteiger partial charge >= 0.3 is 0 Å². The monoisotopic (exact) mass is 320 g/mol. The predicted octanol–water partition coefficient (Wildman–Crippen LogP) is 1.41. The van der Waals surface area contributed by atoms with Crippen molar-refractivity contribution in [3.8, 4) is 0 Å². The molecule has 1 aliphatic rings. The van der Waals surface area contributed by atoms with Gasteiger partial charge in [0.15, 0.2) is 0 Å². The molecular weight excluding hydrogens is 300 g/mol. The topological polar surface area (TPSA) is 75.9 Å². The number of hydrogen-bond acceptors (Lipinski definition) is 7. The highest BCUT2D eigenvalue weighted by Gasteiger charge is 2.24. The Bertz CT molecular complexity index is 697. The van der Waals surface area contributed by atoms with Gasteiger partial charge in [-0.15, -0.1) is 10.2 Å². The van der Waals surface area contributed by atoms with Crippen LogP contribution in [-0.2, 0) is 7.05 Å². The van der Waals surface area contributed by atoms with Crippen LogP contribution in [0.15, 0.2) is 16.9 Å². The summed E-state index contributed by atoms with van der Waals surface area (Å²) >= 11 is 1.56. The van der Waals surface area contributed by atoms with Crippen molar-refractivity contribution in [2.45, 2.75) is 32.2 Å². The molecule has 3 heterocycles. The molecule has 1 unspecified atom stereocenters. The van der Waals surface area contributed by atoms with Crippen LogP contribution in [0.4, 0.5) is 10.9 Å². The van der Waals surface area contributed by atoms with Crippen LogP contribution in [0, 0.1) is 6.92 Å². The fourth-order valence-corrected chi connectivity index (χ4v) is 3.33. The van der Waals surface area contributed by atoms with E-state index >= 15 is 0 Å². The zero-order valence-corrected chi connectivity index (χ0v) is 13.6. The van der Waals surface area contributed by atoms with E-state index in [0.29, 0.717) is 6.04 Å². The van der Waals surface area contributed by atoms with Crippen LogP contribution in [0.2, 0.25) is 0 Å². The molecule has 2 aromatic rings. The summed E-state index contributed by atoms with van der Waals surface area (Å²) in [6.45, 7) is 3.72. The second kappa shape index (κ2) is 6.43. The number of hydrogen-bond donors (Lipinski definition) is 1. The lowest BCUT2D eigenvalue weighted by molar-refractivity contribution is 0.464. The molecule has 0 aromatic carbocycles. The maximum atomic E-state index is 11.5. The average molecular weight is 320 g/mol. The van der Waals surface area contributed by atoms with Gasteiger partial charge in [0.1, 0.15) is 10.8 Å². The van der Waals surface area contributed by atoms with Crippen molar-refractivity contribution >= 4 is 22.3 Å². The third-order valence-corrected chi connectivity index (χ3v) is 4.68. The molecule has 22 heavy (non-hydrogen) atoms. The van der Waals surface area contributed by atoms with Crippen LogP contribution in [0.25, 0.3) is 0 Å². The number of anilines is 2. The molecule has 1 saturated heterocycles. The summed E-state index contributed by atoms with van der Waals surface area (Å²) < 4.78 is 1.39. The van der Waals surface area contributed by atoms with Gasteiger partial charge in [-0.2, -0.15) is 5.10 Å². The molecule has 0 saturated carbocycles. The molecule has 7 nitrogen and oxygen atoms in total. The summed E-state index contributed by atoms with van der Waals surface area (Å²) in [5.41, 5.74) is -0.0835. The molecule has 0 bridgehead atoms. The maximum Gasteiger partial charge on any atom is 0.266 e. The molecule has 0 amide bonds. The van der Waals surface area contributed by atoms with Crippen molar-refractivity contribution in [2.75, 3.05) is 23.3 Å². The molecule has 1 atom stereocenters. The molecule has 0 aliphatic carbocycles. The fraction of sp³-hybridized carbons (Fsp3) is 0.571. The van der Waals surface area contributed by atoms with Gasteiger partial charge in [0, 0.05) is 32.2 Å². The second-order valence-corrected chi connectivity index (χ2v) is 6.69. The summed E-state index contributed by atoms with van der Waals surface area (Å²) in [7, 11) is 1.69. The molecule has 0 spiro atoms. The minimum absolute atomic E-state index is 0.0835. The number of nitrogens with zero attached hydrogens (tertiary/aromatic N) is 5. The Hall–Kier alpha value is -1.96. The second-order valence-electron chi connectivity index (χ2n) is 5.50. The van der Waals surface area contributed by atoms with Gasteiger partial charge in [-0.1, -0.05) is 11.3 Å². The Morgan fingerprint density at radius 2 is 2.23 bits per heavy atom. The molecule has 8 heteroatoms. The zero-order valence-electron chi connectivity index (χ0n) is 12.8. The van der Waals surface area contributed by atoms with E-state index in [9.17, 15) is 4.79 Å². The standard InChI is InChI=1S/C14H20N6OS/c1-10-16-17-14(22-10)15-9-11-5-3-4-8-20(11)12-6-7-13(21)19(2)18-12/h6-7,11H,3-5,8-9H2,1-2H3,(H,15,17). The van der Waals surface area contributed by atoms with Gasteiger partial charge in [-0.25, -0.2) is 4.68 Å². The van der Waals surface area contributed by atoms with Crippen molar-refractivity contribution in [3.05, 3.63) is 27.5 Å². The molecule has 1 aliphatic heterocycles. The number of rotatable bonds is 4. The van der Waals surface area contributed by atoms with Gasteiger partial charge in [-0.3, -0.25) is 4.79 Å². The summed E-state index contributed by atoms with van der Waals surface area (Å²) in [6.07, 6.45) is 3.47. The summed E-state index contributed by atoms with van der Waals surface area (Å²) in [4.78, 5) is 13.8. The fourth-order valence-electron chi connectivity index (χ4n) is 2.73. The third-order valence-electron chi connectivity index (χ3n) is 3.88. The third kappa shape index (κ3) is 3.27. The molecule has 1 fully saturated rings. The molecule has 1 N–H and O–H groups in total. The van der Waals surface area contributed by atoms with E-state index in [1.54, 1.807) is 24.5 Å². The summed E-state index contributed by atoms with van der Waals surface area (Å²) in [5, 5.41) is 17.7. The van der Waals surface area contributed by atoms with Crippen LogP contribution in [0.3, 0.4) is 0 Å². The van der Waals surface area contributed by atoms with Crippen molar-refractivity contribution in [2.24, 2.45) is 7.05 Å². The van der Waals surface area contributed by atoms with E-state index in [1.165, 1.54) is 11.1 Å². The van der Waals surface area contributed by atoms with Gasteiger partial charge in [0.05, 0.1) is 0 Å². The van der Waals surface area contributed by atoms with Crippen LogP contribution in [0.1, 0.15) is 24.3 Å². The van der Waals surface area contributed by atoms with E-state index in [2.05, 4.69) is 25.5 Å².